The molecule has 0 saturated heterocycles. The molecule has 5 nitrogen and oxygen atoms in total. The molecule has 0 bridgehead atoms. The molecule has 0 unspecified atom stereocenters. The minimum absolute atomic E-state index is 0.160. The van der Waals surface area contributed by atoms with E-state index in [2.05, 4.69) is 35.6 Å². The highest BCUT2D eigenvalue weighted by Gasteiger charge is 2.23. The standard InChI is InChI=1S/C24H29N3O2/c1-29-22-10-6-5-9-20(22)23(26)21(15-25)24(28)27-16-17-11-13-19(14-12-17)18-7-3-2-4-8-18/h2-10,15,17,19,25H,11-14,16,26H2,1H3,(H,27,28)/b23-21+,25-15?. The van der Waals surface area contributed by atoms with E-state index in [9.17, 15) is 4.79 Å². The van der Waals surface area contributed by atoms with Crippen molar-refractivity contribution in [1.29, 1.82) is 5.41 Å². The normalized spacial score (nSPS) is 19.8. The van der Waals surface area contributed by atoms with Crippen LogP contribution in [-0.2, 0) is 4.79 Å². The first-order chi connectivity index (χ1) is 14.1. The number of nitrogens with two attached hydrogens (primary N) is 1. The summed E-state index contributed by atoms with van der Waals surface area (Å²) in [6.45, 7) is 0.608. The van der Waals surface area contributed by atoms with E-state index in [1.807, 2.05) is 12.1 Å². The second-order valence-corrected chi connectivity index (χ2v) is 7.51. The lowest BCUT2D eigenvalue weighted by molar-refractivity contribution is -0.117. The summed E-state index contributed by atoms with van der Waals surface area (Å²) >= 11 is 0. The molecule has 29 heavy (non-hydrogen) atoms. The van der Waals surface area contributed by atoms with Gasteiger partial charge in [-0.2, -0.15) is 0 Å². The molecule has 0 aliphatic heterocycles. The maximum absolute atomic E-state index is 12.7. The van der Waals surface area contributed by atoms with Gasteiger partial charge in [0, 0.05) is 18.3 Å². The number of hydrogen-bond donors (Lipinski definition) is 3. The molecule has 2 aromatic rings. The molecule has 1 saturated carbocycles. The van der Waals surface area contributed by atoms with Crippen molar-refractivity contribution in [1.82, 2.24) is 5.32 Å². The van der Waals surface area contributed by atoms with Crippen LogP contribution < -0.4 is 15.8 Å². The summed E-state index contributed by atoms with van der Waals surface area (Å²) in [6, 6.07) is 17.9. The summed E-state index contributed by atoms with van der Waals surface area (Å²) in [7, 11) is 1.56. The summed E-state index contributed by atoms with van der Waals surface area (Å²) in [5, 5.41) is 10.7. The summed E-state index contributed by atoms with van der Waals surface area (Å²) in [4.78, 5) is 12.7. The number of carbonyl (C=O) groups is 1. The summed E-state index contributed by atoms with van der Waals surface area (Å²) in [5.74, 6) is 1.34. The van der Waals surface area contributed by atoms with Crippen LogP contribution in [0.4, 0.5) is 0 Å². The summed E-state index contributed by atoms with van der Waals surface area (Å²) in [6.07, 6.45) is 5.47. The van der Waals surface area contributed by atoms with Gasteiger partial charge in [-0.05, 0) is 55.2 Å². The molecule has 1 fully saturated rings. The molecule has 0 spiro atoms. The molecule has 0 heterocycles. The van der Waals surface area contributed by atoms with Crippen LogP contribution in [0.15, 0.2) is 60.2 Å². The van der Waals surface area contributed by atoms with Gasteiger partial charge in [-0.15, -0.1) is 0 Å². The molecular formula is C24H29N3O2. The first-order valence-electron chi connectivity index (χ1n) is 10.1. The molecule has 3 rings (SSSR count). The van der Waals surface area contributed by atoms with Crippen molar-refractivity contribution in [2.24, 2.45) is 11.7 Å². The number of para-hydroxylation sites is 1. The van der Waals surface area contributed by atoms with Crippen molar-refractivity contribution < 1.29 is 9.53 Å². The highest BCUT2D eigenvalue weighted by Crippen LogP contribution is 2.35. The van der Waals surface area contributed by atoms with Crippen LogP contribution in [0.2, 0.25) is 0 Å². The van der Waals surface area contributed by atoms with E-state index in [4.69, 9.17) is 15.9 Å². The van der Waals surface area contributed by atoms with Crippen LogP contribution in [-0.4, -0.2) is 25.8 Å². The minimum atomic E-state index is -0.311. The third kappa shape index (κ3) is 5.05. The lowest BCUT2D eigenvalue weighted by Gasteiger charge is -2.29. The van der Waals surface area contributed by atoms with Crippen LogP contribution >= 0.6 is 0 Å². The van der Waals surface area contributed by atoms with Crippen molar-refractivity contribution in [3.8, 4) is 5.75 Å². The zero-order chi connectivity index (χ0) is 20.6. The van der Waals surface area contributed by atoms with E-state index >= 15 is 0 Å². The number of methoxy groups -OCH3 is 1. The highest BCUT2D eigenvalue weighted by molar-refractivity contribution is 6.17. The van der Waals surface area contributed by atoms with Crippen LogP contribution in [0.25, 0.3) is 5.70 Å². The number of ether oxygens (including phenoxy) is 1. The third-order valence-corrected chi connectivity index (χ3v) is 5.75. The van der Waals surface area contributed by atoms with E-state index in [0.29, 0.717) is 29.7 Å². The van der Waals surface area contributed by atoms with E-state index < -0.39 is 0 Å². The Bertz CT molecular complexity index is 869. The fraction of sp³-hybridized carbons (Fsp3) is 0.333. The molecule has 0 atom stereocenters. The fourth-order valence-corrected chi connectivity index (χ4v) is 4.04. The zero-order valence-electron chi connectivity index (χ0n) is 16.9. The minimum Gasteiger partial charge on any atom is -0.496 e. The molecule has 4 N–H and O–H groups in total. The van der Waals surface area contributed by atoms with Gasteiger partial charge in [0.15, 0.2) is 0 Å². The van der Waals surface area contributed by atoms with Gasteiger partial charge in [0.25, 0.3) is 5.91 Å². The summed E-state index contributed by atoms with van der Waals surface area (Å²) < 4.78 is 5.32. The molecule has 0 radical (unpaired) electrons. The first kappa shape index (κ1) is 20.6. The molecule has 2 aromatic carbocycles. The SMILES string of the molecule is COc1ccccc1/C(N)=C(/C=N)C(=O)NCC1CCC(c2ccccc2)CC1. The molecule has 0 aromatic heterocycles. The molecule has 5 heteroatoms. The third-order valence-electron chi connectivity index (χ3n) is 5.75. The summed E-state index contributed by atoms with van der Waals surface area (Å²) in [5.41, 5.74) is 8.65. The number of amides is 1. The van der Waals surface area contributed by atoms with Crippen molar-refractivity contribution >= 4 is 17.8 Å². The Labute approximate surface area is 172 Å². The Balaban J connectivity index is 1.59. The van der Waals surface area contributed by atoms with Gasteiger partial charge in [-0.1, -0.05) is 42.5 Å². The molecule has 1 aliphatic rings. The largest absolute Gasteiger partial charge is 0.496 e. The maximum atomic E-state index is 12.7. The first-order valence-corrected chi connectivity index (χ1v) is 10.1. The van der Waals surface area contributed by atoms with Crippen molar-refractivity contribution in [3.05, 3.63) is 71.3 Å². The van der Waals surface area contributed by atoms with E-state index in [-0.39, 0.29) is 17.2 Å². The van der Waals surface area contributed by atoms with Crippen LogP contribution in [0, 0.1) is 11.3 Å². The number of carbonyl (C=O) groups excluding carboxylic acids is 1. The lowest BCUT2D eigenvalue weighted by atomic mass is 9.78. The van der Waals surface area contributed by atoms with Crippen LogP contribution in [0.1, 0.15) is 42.7 Å². The highest BCUT2D eigenvalue weighted by atomic mass is 16.5. The van der Waals surface area contributed by atoms with Gasteiger partial charge in [0.1, 0.15) is 5.75 Å². The van der Waals surface area contributed by atoms with Crippen molar-refractivity contribution in [2.75, 3.05) is 13.7 Å². The second-order valence-electron chi connectivity index (χ2n) is 7.51. The number of hydrogen-bond acceptors (Lipinski definition) is 4. The smallest absolute Gasteiger partial charge is 0.254 e. The number of nitrogens with one attached hydrogen (secondary N) is 2. The Morgan fingerprint density at radius 1 is 1.10 bits per heavy atom. The van der Waals surface area contributed by atoms with E-state index in [1.165, 1.54) is 5.56 Å². The number of benzene rings is 2. The molecule has 1 amide bonds. The Morgan fingerprint density at radius 3 is 2.41 bits per heavy atom. The van der Waals surface area contributed by atoms with Gasteiger partial charge >= 0.3 is 0 Å². The molecule has 152 valence electrons. The average molecular weight is 392 g/mol. The Morgan fingerprint density at radius 2 is 1.76 bits per heavy atom. The zero-order valence-corrected chi connectivity index (χ0v) is 16.9. The molecular weight excluding hydrogens is 362 g/mol. The lowest BCUT2D eigenvalue weighted by Crippen LogP contribution is -2.33. The Kier molecular flexibility index (Phi) is 7.06. The molecule has 1 aliphatic carbocycles. The monoisotopic (exact) mass is 391 g/mol. The maximum Gasteiger partial charge on any atom is 0.254 e. The van der Waals surface area contributed by atoms with E-state index in [1.54, 1.807) is 19.2 Å². The van der Waals surface area contributed by atoms with Gasteiger partial charge in [-0.3, -0.25) is 4.79 Å². The number of rotatable bonds is 7. The van der Waals surface area contributed by atoms with E-state index in [0.717, 1.165) is 31.9 Å². The quantitative estimate of drug-likeness (QED) is 0.490. The van der Waals surface area contributed by atoms with Crippen molar-refractivity contribution in [3.63, 3.8) is 0 Å². The van der Waals surface area contributed by atoms with Crippen molar-refractivity contribution in [2.45, 2.75) is 31.6 Å². The Hall–Kier alpha value is -3.08. The topological polar surface area (TPSA) is 88.2 Å². The predicted molar refractivity (Wildman–Crippen MR) is 117 cm³/mol. The second kappa shape index (κ2) is 9.92. The van der Waals surface area contributed by atoms with Gasteiger partial charge < -0.3 is 21.2 Å². The van der Waals surface area contributed by atoms with Crippen LogP contribution in [0.5, 0.6) is 5.75 Å². The van der Waals surface area contributed by atoms with Gasteiger partial charge in [-0.25, -0.2) is 0 Å². The predicted octanol–water partition coefficient (Wildman–Crippen LogP) is 4.10. The van der Waals surface area contributed by atoms with Gasteiger partial charge in [0.2, 0.25) is 0 Å². The van der Waals surface area contributed by atoms with Gasteiger partial charge in [0.05, 0.1) is 18.4 Å². The fourth-order valence-electron chi connectivity index (χ4n) is 4.04. The average Bonchev–Trinajstić information content (AvgIpc) is 2.79. The van der Waals surface area contributed by atoms with Crippen LogP contribution in [0.3, 0.4) is 0 Å².